The molecule has 0 amide bonds. The summed E-state index contributed by atoms with van der Waals surface area (Å²) in [5, 5.41) is 30.6. The zero-order chi connectivity index (χ0) is 17.8. The van der Waals surface area contributed by atoms with Crippen LogP contribution in [0.2, 0.25) is 5.02 Å². The van der Waals surface area contributed by atoms with E-state index in [9.17, 15) is 10.2 Å². The topological polar surface area (TPSA) is 95.7 Å². The average molecular weight is 377 g/mol. The van der Waals surface area contributed by atoms with Crippen LogP contribution < -0.4 is 4.74 Å². The van der Waals surface area contributed by atoms with E-state index in [-0.39, 0.29) is 22.9 Å². The third kappa shape index (κ3) is 4.17. The molecule has 0 fully saturated rings. The highest BCUT2D eigenvalue weighted by molar-refractivity contribution is 7.71. The average Bonchev–Trinajstić information content (AvgIpc) is 2.94. The van der Waals surface area contributed by atoms with E-state index in [1.165, 1.54) is 29.1 Å². The first-order chi connectivity index (χ1) is 12.0. The second kappa shape index (κ2) is 7.37. The predicted octanol–water partition coefficient (Wildman–Crippen LogP) is 3.47. The second-order valence-corrected chi connectivity index (χ2v) is 5.81. The van der Waals surface area contributed by atoms with Gasteiger partial charge in [-0.15, -0.1) is 0 Å². The van der Waals surface area contributed by atoms with Gasteiger partial charge in [0.15, 0.2) is 5.82 Å². The van der Waals surface area contributed by atoms with Crippen molar-refractivity contribution in [3.63, 3.8) is 0 Å². The van der Waals surface area contributed by atoms with Gasteiger partial charge in [-0.2, -0.15) is 14.9 Å². The number of phenols is 2. The van der Waals surface area contributed by atoms with Crippen LogP contribution in [0.1, 0.15) is 11.4 Å². The monoisotopic (exact) mass is 376 g/mol. The van der Waals surface area contributed by atoms with Gasteiger partial charge in [0.25, 0.3) is 0 Å². The molecule has 1 aromatic heterocycles. The molecule has 3 rings (SSSR count). The lowest BCUT2D eigenvalue weighted by molar-refractivity contribution is 0.290. The molecule has 0 bridgehead atoms. The number of rotatable bonds is 5. The number of H-pyrrole nitrogens is 1. The molecule has 128 valence electrons. The minimum Gasteiger partial charge on any atom is -0.508 e. The number of aromatic hydroxyl groups is 2. The molecule has 0 radical (unpaired) electrons. The quantitative estimate of drug-likeness (QED) is 0.468. The van der Waals surface area contributed by atoms with Crippen molar-refractivity contribution >= 4 is 30.0 Å². The van der Waals surface area contributed by atoms with Crippen LogP contribution in [-0.2, 0) is 6.61 Å². The molecule has 25 heavy (non-hydrogen) atoms. The SMILES string of the molecule is Oc1ccc(/C=N/n2c(COc3ccc(Cl)cc3)n[nH]c2=S)c(O)c1. The fourth-order valence-electron chi connectivity index (χ4n) is 1.98. The summed E-state index contributed by atoms with van der Waals surface area (Å²) in [7, 11) is 0. The lowest BCUT2D eigenvalue weighted by Gasteiger charge is -2.05. The van der Waals surface area contributed by atoms with Crippen LogP contribution in [0.5, 0.6) is 17.2 Å². The molecule has 0 atom stereocenters. The van der Waals surface area contributed by atoms with Crippen molar-refractivity contribution in [2.45, 2.75) is 6.61 Å². The number of aromatic amines is 1. The fraction of sp³-hybridized carbons (Fsp3) is 0.0625. The minimum atomic E-state index is -0.0993. The maximum Gasteiger partial charge on any atom is 0.216 e. The van der Waals surface area contributed by atoms with Gasteiger partial charge < -0.3 is 14.9 Å². The Kier molecular flexibility index (Phi) is 5.01. The summed E-state index contributed by atoms with van der Waals surface area (Å²) in [4.78, 5) is 0. The van der Waals surface area contributed by atoms with Gasteiger partial charge >= 0.3 is 0 Å². The highest BCUT2D eigenvalue weighted by Gasteiger charge is 2.07. The van der Waals surface area contributed by atoms with Gasteiger partial charge in [-0.05, 0) is 48.6 Å². The summed E-state index contributed by atoms with van der Waals surface area (Å²) in [6.07, 6.45) is 1.41. The Labute approximate surface area is 152 Å². The number of nitrogens with zero attached hydrogens (tertiary/aromatic N) is 3. The molecule has 0 saturated heterocycles. The molecule has 0 unspecified atom stereocenters. The summed E-state index contributed by atoms with van der Waals surface area (Å²) in [6, 6.07) is 11.1. The number of hydrogen-bond acceptors (Lipinski definition) is 6. The van der Waals surface area contributed by atoms with E-state index in [1.807, 2.05) is 0 Å². The summed E-state index contributed by atoms with van der Waals surface area (Å²) < 4.78 is 7.30. The Balaban J connectivity index is 1.78. The van der Waals surface area contributed by atoms with Gasteiger partial charge in [0, 0.05) is 16.7 Å². The van der Waals surface area contributed by atoms with Crippen molar-refractivity contribution in [2.75, 3.05) is 0 Å². The third-order valence-electron chi connectivity index (χ3n) is 3.23. The number of nitrogens with one attached hydrogen (secondary N) is 1. The predicted molar refractivity (Wildman–Crippen MR) is 96.0 cm³/mol. The summed E-state index contributed by atoms with van der Waals surface area (Å²) in [5.41, 5.74) is 0.422. The van der Waals surface area contributed by atoms with Gasteiger partial charge in [-0.25, -0.2) is 5.10 Å². The van der Waals surface area contributed by atoms with Crippen molar-refractivity contribution < 1.29 is 14.9 Å². The molecule has 1 heterocycles. The number of halogens is 1. The van der Waals surface area contributed by atoms with E-state index in [0.717, 1.165) is 0 Å². The number of aromatic nitrogens is 3. The van der Waals surface area contributed by atoms with Crippen molar-refractivity contribution in [2.24, 2.45) is 5.10 Å². The number of phenolic OH excluding ortho intramolecular Hbond substituents is 2. The Morgan fingerprint density at radius 3 is 2.72 bits per heavy atom. The molecule has 7 nitrogen and oxygen atoms in total. The van der Waals surface area contributed by atoms with Crippen molar-refractivity contribution in [1.29, 1.82) is 0 Å². The summed E-state index contributed by atoms with van der Waals surface area (Å²) >= 11 is 11.0. The smallest absolute Gasteiger partial charge is 0.216 e. The normalized spacial score (nSPS) is 11.1. The molecule has 2 aromatic carbocycles. The Morgan fingerprint density at radius 1 is 1.24 bits per heavy atom. The van der Waals surface area contributed by atoms with E-state index < -0.39 is 0 Å². The molecular formula is C16H13ClN4O3S. The first kappa shape index (κ1) is 17.0. The van der Waals surface area contributed by atoms with Crippen molar-refractivity contribution in [1.82, 2.24) is 14.9 Å². The first-order valence-electron chi connectivity index (χ1n) is 7.14. The van der Waals surface area contributed by atoms with Crippen LogP contribution in [0.3, 0.4) is 0 Å². The molecule has 0 aliphatic carbocycles. The van der Waals surface area contributed by atoms with Crippen LogP contribution in [0.4, 0.5) is 0 Å². The number of ether oxygens (including phenoxy) is 1. The first-order valence-corrected chi connectivity index (χ1v) is 7.92. The van der Waals surface area contributed by atoms with Crippen molar-refractivity contribution in [3.8, 4) is 17.2 Å². The highest BCUT2D eigenvalue weighted by Crippen LogP contribution is 2.21. The van der Waals surface area contributed by atoms with Gasteiger partial charge in [0.05, 0.1) is 6.21 Å². The summed E-state index contributed by atoms with van der Waals surface area (Å²) in [6.45, 7) is 0.133. The maximum absolute atomic E-state index is 9.79. The van der Waals surface area contributed by atoms with Crippen LogP contribution >= 0.6 is 23.8 Å². The lowest BCUT2D eigenvalue weighted by Crippen LogP contribution is -2.04. The Hall–Kier alpha value is -2.84. The van der Waals surface area contributed by atoms with E-state index >= 15 is 0 Å². The number of hydrogen-bond donors (Lipinski definition) is 3. The van der Waals surface area contributed by atoms with Gasteiger partial charge in [0.2, 0.25) is 4.77 Å². The highest BCUT2D eigenvalue weighted by atomic mass is 35.5. The van der Waals surface area contributed by atoms with Crippen LogP contribution in [-0.4, -0.2) is 31.3 Å². The van der Waals surface area contributed by atoms with E-state index in [0.29, 0.717) is 22.2 Å². The molecule has 0 aliphatic heterocycles. The van der Waals surface area contributed by atoms with E-state index in [4.69, 9.17) is 28.6 Å². The Morgan fingerprint density at radius 2 is 2.00 bits per heavy atom. The largest absolute Gasteiger partial charge is 0.508 e. The van der Waals surface area contributed by atoms with Crippen LogP contribution in [0, 0.1) is 4.77 Å². The molecule has 3 N–H and O–H groups in total. The maximum atomic E-state index is 9.79. The standard InChI is InChI=1S/C16H13ClN4O3S/c17-11-2-5-13(6-3-11)24-9-15-19-20-16(25)21(15)18-8-10-1-4-12(22)7-14(10)23/h1-8,22-23H,9H2,(H,20,25)/b18-8+. The van der Waals surface area contributed by atoms with Crippen molar-refractivity contribution in [3.05, 3.63) is 63.6 Å². The Bertz CT molecular complexity index is 966. The molecule has 3 aromatic rings. The number of benzene rings is 2. The van der Waals surface area contributed by atoms with Gasteiger partial charge in [0.1, 0.15) is 23.9 Å². The molecule has 0 aliphatic rings. The third-order valence-corrected chi connectivity index (χ3v) is 3.74. The molecule has 0 spiro atoms. The minimum absolute atomic E-state index is 0.0355. The second-order valence-electron chi connectivity index (χ2n) is 4.99. The molecular weight excluding hydrogens is 364 g/mol. The van der Waals surface area contributed by atoms with E-state index in [2.05, 4.69) is 15.3 Å². The van der Waals surface area contributed by atoms with Gasteiger partial charge in [-0.3, -0.25) is 0 Å². The zero-order valence-corrected chi connectivity index (χ0v) is 14.3. The van der Waals surface area contributed by atoms with E-state index in [1.54, 1.807) is 24.3 Å². The molecule has 0 saturated carbocycles. The summed E-state index contributed by atoms with van der Waals surface area (Å²) in [5.74, 6) is 0.948. The fourth-order valence-corrected chi connectivity index (χ4v) is 2.30. The van der Waals surface area contributed by atoms with Crippen LogP contribution in [0.15, 0.2) is 47.6 Å². The van der Waals surface area contributed by atoms with Crippen LogP contribution in [0.25, 0.3) is 0 Å². The van der Waals surface area contributed by atoms with Gasteiger partial charge in [-0.1, -0.05) is 11.6 Å². The zero-order valence-electron chi connectivity index (χ0n) is 12.8. The lowest BCUT2D eigenvalue weighted by atomic mass is 10.2. The molecule has 9 heteroatoms.